The summed E-state index contributed by atoms with van der Waals surface area (Å²) in [7, 11) is 1.78. The predicted octanol–water partition coefficient (Wildman–Crippen LogP) is 1.72. The maximum absolute atomic E-state index is 11.3. The summed E-state index contributed by atoms with van der Waals surface area (Å²) in [5.41, 5.74) is 0. The van der Waals surface area contributed by atoms with Crippen LogP contribution in [0.15, 0.2) is 0 Å². The number of rotatable bonds is 7. The topological polar surface area (TPSA) is 38.3 Å². The Kier molecular flexibility index (Phi) is 7.69. The van der Waals surface area contributed by atoms with E-state index in [0.29, 0.717) is 6.61 Å². The molecule has 0 saturated heterocycles. The number of carbonyl (C=O) groups excluding carboxylic acids is 1. The maximum Gasteiger partial charge on any atom is 0.323 e. The van der Waals surface area contributed by atoms with E-state index in [2.05, 4.69) is 12.2 Å². The Morgan fingerprint density at radius 3 is 2.54 bits per heavy atom. The minimum atomic E-state index is -0.137. The highest BCUT2D eigenvalue weighted by molar-refractivity contribution is 5.75. The van der Waals surface area contributed by atoms with Gasteiger partial charge in [0.2, 0.25) is 0 Å². The molecule has 3 nitrogen and oxygen atoms in total. The molecule has 0 heterocycles. The van der Waals surface area contributed by atoms with E-state index in [1.807, 2.05) is 6.92 Å². The Morgan fingerprint density at radius 1 is 1.38 bits per heavy atom. The van der Waals surface area contributed by atoms with Crippen LogP contribution in [0.3, 0.4) is 0 Å². The number of unbranched alkanes of at least 4 members (excludes halogenated alkanes) is 2. The van der Waals surface area contributed by atoms with Gasteiger partial charge in [0, 0.05) is 0 Å². The third-order valence-corrected chi connectivity index (χ3v) is 2.03. The second kappa shape index (κ2) is 8.05. The Balaban J connectivity index is 3.48. The van der Waals surface area contributed by atoms with E-state index in [1.54, 1.807) is 7.05 Å². The van der Waals surface area contributed by atoms with Gasteiger partial charge >= 0.3 is 5.97 Å². The largest absolute Gasteiger partial charge is 0.465 e. The molecule has 13 heavy (non-hydrogen) atoms. The average molecular weight is 187 g/mol. The van der Waals surface area contributed by atoms with Gasteiger partial charge in [-0.2, -0.15) is 0 Å². The summed E-state index contributed by atoms with van der Waals surface area (Å²) in [6.45, 7) is 4.66. The molecular formula is C10H21NO2. The first kappa shape index (κ1) is 12.4. The minimum Gasteiger partial charge on any atom is -0.465 e. The van der Waals surface area contributed by atoms with E-state index in [9.17, 15) is 4.79 Å². The van der Waals surface area contributed by atoms with Crippen molar-refractivity contribution in [2.75, 3.05) is 13.7 Å². The first-order chi connectivity index (χ1) is 6.26. The van der Waals surface area contributed by atoms with Gasteiger partial charge < -0.3 is 10.1 Å². The van der Waals surface area contributed by atoms with Gasteiger partial charge in [-0.05, 0) is 19.9 Å². The summed E-state index contributed by atoms with van der Waals surface area (Å²) in [4.78, 5) is 11.3. The number of ether oxygens (including phenoxy) is 1. The number of hydrogen-bond acceptors (Lipinski definition) is 3. The Morgan fingerprint density at radius 2 is 2.08 bits per heavy atom. The molecule has 0 aromatic carbocycles. The van der Waals surface area contributed by atoms with Gasteiger partial charge in [0.25, 0.3) is 0 Å². The van der Waals surface area contributed by atoms with Crippen LogP contribution in [0.1, 0.15) is 39.5 Å². The first-order valence-electron chi connectivity index (χ1n) is 5.10. The summed E-state index contributed by atoms with van der Waals surface area (Å²) in [5, 5.41) is 2.92. The molecule has 0 fully saturated rings. The summed E-state index contributed by atoms with van der Waals surface area (Å²) in [6, 6.07) is -0.137. The molecule has 0 saturated carbocycles. The Bertz CT molecular complexity index is 133. The van der Waals surface area contributed by atoms with Crippen LogP contribution in [0.25, 0.3) is 0 Å². The SMILES string of the molecule is CCCCCOC(=O)C(CC)NC. The molecular weight excluding hydrogens is 166 g/mol. The van der Waals surface area contributed by atoms with Crippen molar-refractivity contribution < 1.29 is 9.53 Å². The average Bonchev–Trinajstić information content (AvgIpc) is 2.14. The van der Waals surface area contributed by atoms with Gasteiger partial charge in [-0.1, -0.05) is 26.7 Å². The lowest BCUT2D eigenvalue weighted by Crippen LogP contribution is -2.34. The number of esters is 1. The molecule has 3 heteroatoms. The quantitative estimate of drug-likeness (QED) is 0.487. The fourth-order valence-electron chi connectivity index (χ4n) is 1.11. The monoisotopic (exact) mass is 187 g/mol. The van der Waals surface area contributed by atoms with E-state index >= 15 is 0 Å². The molecule has 1 atom stereocenters. The normalized spacial score (nSPS) is 12.5. The van der Waals surface area contributed by atoms with Crippen molar-refractivity contribution in [3.05, 3.63) is 0 Å². The zero-order valence-electron chi connectivity index (χ0n) is 8.93. The molecule has 0 rings (SSSR count). The van der Waals surface area contributed by atoms with E-state index in [-0.39, 0.29) is 12.0 Å². The maximum atomic E-state index is 11.3. The van der Waals surface area contributed by atoms with Crippen LogP contribution >= 0.6 is 0 Å². The second-order valence-electron chi connectivity index (χ2n) is 3.12. The van der Waals surface area contributed by atoms with Gasteiger partial charge in [-0.3, -0.25) is 4.79 Å². The van der Waals surface area contributed by atoms with Crippen molar-refractivity contribution in [3.63, 3.8) is 0 Å². The van der Waals surface area contributed by atoms with Crippen molar-refractivity contribution in [1.29, 1.82) is 0 Å². The highest BCUT2D eigenvalue weighted by atomic mass is 16.5. The van der Waals surface area contributed by atoms with E-state index < -0.39 is 0 Å². The summed E-state index contributed by atoms with van der Waals surface area (Å²) >= 11 is 0. The van der Waals surface area contributed by atoms with Gasteiger partial charge in [-0.25, -0.2) is 0 Å². The van der Waals surface area contributed by atoms with E-state index in [0.717, 1.165) is 25.7 Å². The highest BCUT2D eigenvalue weighted by Crippen LogP contribution is 1.98. The van der Waals surface area contributed by atoms with Crippen LogP contribution in [0.4, 0.5) is 0 Å². The third-order valence-electron chi connectivity index (χ3n) is 2.03. The van der Waals surface area contributed by atoms with Gasteiger partial charge in [0.1, 0.15) is 6.04 Å². The lowest BCUT2D eigenvalue weighted by atomic mass is 10.2. The summed E-state index contributed by atoms with van der Waals surface area (Å²) in [5.74, 6) is -0.124. The lowest BCUT2D eigenvalue weighted by molar-refractivity contribution is -0.146. The van der Waals surface area contributed by atoms with Crippen LogP contribution in [0, 0.1) is 0 Å². The number of nitrogens with one attached hydrogen (secondary N) is 1. The van der Waals surface area contributed by atoms with Crippen LogP contribution in [-0.4, -0.2) is 25.7 Å². The molecule has 0 amide bonds. The van der Waals surface area contributed by atoms with Gasteiger partial charge in [-0.15, -0.1) is 0 Å². The Hall–Kier alpha value is -0.570. The number of carbonyl (C=O) groups is 1. The first-order valence-corrected chi connectivity index (χ1v) is 5.10. The standard InChI is InChI=1S/C10H21NO2/c1-4-6-7-8-13-10(12)9(5-2)11-3/h9,11H,4-8H2,1-3H3. The van der Waals surface area contributed by atoms with Crippen LogP contribution in [-0.2, 0) is 9.53 Å². The molecule has 0 aromatic heterocycles. The molecule has 0 aliphatic rings. The van der Waals surface area contributed by atoms with Crippen LogP contribution < -0.4 is 5.32 Å². The van der Waals surface area contributed by atoms with Crippen molar-refractivity contribution >= 4 is 5.97 Å². The molecule has 0 spiro atoms. The van der Waals surface area contributed by atoms with Gasteiger partial charge in [0.05, 0.1) is 6.61 Å². The van der Waals surface area contributed by atoms with Crippen molar-refractivity contribution in [2.45, 2.75) is 45.6 Å². The molecule has 1 unspecified atom stereocenters. The molecule has 0 bridgehead atoms. The van der Waals surface area contributed by atoms with Crippen molar-refractivity contribution in [2.24, 2.45) is 0 Å². The molecule has 78 valence electrons. The smallest absolute Gasteiger partial charge is 0.323 e. The fraction of sp³-hybridized carbons (Fsp3) is 0.900. The summed E-state index contributed by atoms with van der Waals surface area (Å²) < 4.78 is 5.09. The number of likely N-dealkylation sites (N-methyl/N-ethyl adjacent to an activating group) is 1. The molecule has 0 aromatic rings. The van der Waals surface area contributed by atoms with Crippen LogP contribution in [0.5, 0.6) is 0 Å². The van der Waals surface area contributed by atoms with Crippen molar-refractivity contribution in [1.82, 2.24) is 5.32 Å². The molecule has 1 N–H and O–H groups in total. The zero-order chi connectivity index (χ0) is 10.1. The zero-order valence-corrected chi connectivity index (χ0v) is 8.93. The van der Waals surface area contributed by atoms with E-state index in [1.165, 1.54) is 0 Å². The third kappa shape index (κ3) is 5.64. The van der Waals surface area contributed by atoms with Gasteiger partial charge in [0.15, 0.2) is 0 Å². The fourth-order valence-corrected chi connectivity index (χ4v) is 1.11. The lowest BCUT2D eigenvalue weighted by Gasteiger charge is -2.12. The van der Waals surface area contributed by atoms with Crippen LogP contribution in [0.2, 0.25) is 0 Å². The highest BCUT2D eigenvalue weighted by Gasteiger charge is 2.14. The summed E-state index contributed by atoms with van der Waals surface area (Å²) in [6.07, 6.45) is 4.04. The van der Waals surface area contributed by atoms with E-state index in [4.69, 9.17) is 4.74 Å². The Labute approximate surface area is 80.8 Å². The molecule has 0 aliphatic heterocycles. The second-order valence-corrected chi connectivity index (χ2v) is 3.12. The molecule has 0 radical (unpaired) electrons. The molecule has 0 aliphatic carbocycles. The number of hydrogen-bond donors (Lipinski definition) is 1. The van der Waals surface area contributed by atoms with Crippen molar-refractivity contribution in [3.8, 4) is 0 Å². The predicted molar refractivity (Wildman–Crippen MR) is 53.6 cm³/mol. The minimum absolute atomic E-state index is 0.124.